The SMILES string of the molecule is Cc1cc(C)cc(OCc2ccc3c(c2)CCC3)c1. The van der Waals surface area contributed by atoms with Crippen molar-refractivity contribution in [2.24, 2.45) is 0 Å². The van der Waals surface area contributed by atoms with Crippen LogP contribution in [0.5, 0.6) is 5.75 Å². The molecule has 2 aromatic rings. The lowest BCUT2D eigenvalue weighted by molar-refractivity contribution is 0.305. The third kappa shape index (κ3) is 2.81. The highest BCUT2D eigenvalue weighted by molar-refractivity contribution is 5.36. The van der Waals surface area contributed by atoms with E-state index < -0.39 is 0 Å². The largest absolute Gasteiger partial charge is 0.489 e. The monoisotopic (exact) mass is 252 g/mol. The van der Waals surface area contributed by atoms with Crippen LogP contribution in [0.2, 0.25) is 0 Å². The van der Waals surface area contributed by atoms with Gasteiger partial charge in [0, 0.05) is 0 Å². The maximum atomic E-state index is 5.91. The molecule has 3 rings (SSSR count). The van der Waals surface area contributed by atoms with Crippen LogP contribution < -0.4 is 4.74 Å². The molecule has 0 radical (unpaired) electrons. The number of aryl methyl sites for hydroxylation is 4. The van der Waals surface area contributed by atoms with Gasteiger partial charge in [-0.15, -0.1) is 0 Å². The van der Waals surface area contributed by atoms with Crippen molar-refractivity contribution in [3.05, 3.63) is 64.2 Å². The molecule has 0 bridgehead atoms. The summed E-state index contributed by atoms with van der Waals surface area (Å²) in [5.74, 6) is 0.970. The first-order valence-electron chi connectivity index (χ1n) is 7.02. The van der Waals surface area contributed by atoms with Gasteiger partial charge in [0.1, 0.15) is 12.4 Å². The fourth-order valence-electron chi connectivity index (χ4n) is 2.90. The average molecular weight is 252 g/mol. The second kappa shape index (κ2) is 5.08. The van der Waals surface area contributed by atoms with Gasteiger partial charge in [-0.3, -0.25) is 0 Å². The Bertz CT molecular complexity index is 578. The second-order valence-corrected chi connectivity index (χ2v) is 5.57. The minimum absolute atomic E-state index is 0.663. The number of benzene rings is 2. The van der Waals surface area contributed by atoms with Crippen molar-refractivity contribution in [1.29, 1.82) is 0 Å². The van der Waals surface area contributed by atoms with Gasteiger partial charge in [-0.05, 0) is 73.1 Å². The van der Waals surface area contributed by atoms with Gasteiger partial charge in [-0.1, -0.05) is 24.3 Å². The summed E-state index contributed by atoms with van der Waals surface area (Å²) >= 11 is 0. The number of fused-ring (bicyclic) bond motifs is 1. The van der Waals surface area contributed by atoms with Crippen molar-refractivity contribution < 1.29 is 4.74 Å². The molecule has 0 saturated heterocycles. The van der Waals surface area contributed by atoms with Gasteiger partial charge in [0.05, 0.1) is 0 Å². The number of hydrogen-bond acceptors (Lipinski definition) is 1. The van der Waals surface area contributed by atoms with Crippen LogP contribution in [0.25, 0.3) is 0 Å². The highest BCUT2D eigenvalue weighted by Gasteiger charge is 2.10. The molecule has 19 heavy (non-hydrogen) atoms. The van der Waals surface area contributed by atoms with E-state index >= 15 is 0 Å². The highest BCUT2D eigenvalue weighted by Crippen LogP contribution is 2.24. The van der Waals surface area contributed by atoms with Gasteiger partial charge < -0.3 is 4.74 Å². The van der Waals surface area contributed by atoms with Crippen molar-refractivity contribution >= 4 is 0 Å². The van der Waals surface area contributed by atoms with Gasteiger partial charge in [-0.2, -0.15) is 0 Å². The third-order valence-corrected chi connectivity index (χ3v) is 3.76. The Morgan fingerprint density at radius 2 is 1.63 bits per heavy atom. The molecule has 1 aliphatic carbocycles. The van der Waals surface area contributed by atoms with Crippen LogP contribution in [-0.4, -0.2) is 0 Å². The van der Waals surface area contributed by atoms with Crippen LogP contribution in [0, 0.1) is 13.8 Å². The molecule has 0 aromatic heterocycles. The average Bonchev–Trinajstić information content (AvgIpc) is 2.82. The topological polar surface area (TPSA) is 9.23 Å². The molecule has 0 amide bonds. The van der Waals surface area contributed by atoms with Crippen LogP contribution in [0.1, 0.15) is 34.2 Å². The van der Waals surface area contributed by atoms with Gasteiger partial charge in [0.15, 0.2) is 0 Å². The Balaban J connectivity index is 1.72. The Kier molecular flexibility index (Phi) is 3.29. The molecule has 0 atom stereocenters. The van der Waals surface area contributed by atoms with E-state index in [2.05, 4.69) is 50.2 Å². The Morgan fingerprint density at radius 3 is 2.42 bits per heavy atom. The molecule has 2 aromatic carbocycles. The van der Waals surface area contributed by atoms with E-state index in [4.69, 9.17) is 4.74 Å². The van der Waals surface area contributed by atoms with Gasteiger partial charge in [-0.25, -0.2) is 0 Å². The zero-order valence-corrected chi connectivity index (χ0v) is 11.7. The lowest BCUT2D eigenvalue weighted by Crippen LogP contribution is -1.97. The van der Waals surface area contributed by atoms with E-state index in [9.17, 15) is 0 Å². The van der Waals surface area contributed by atoms with Crippen molar-refractivity contribution in [2.45, 2.75) is 39.7 Å². The molecule has 1 aliphatic rings. The summed E-state index contributed by atoms with van der Waals surface area (Å²) in [5.41, 5.74) is 6.82. The molecular weight excluding hydrogens is 232 g/mol. The fourth-order valence-corrected chi connectivity index (χ4v) is 2.90. The minimum Gasteiger partial charge on any atom is -0.489 e. The first-order valence-corrected chi connectivity index (χ1v) is 7.02. The zero-order valence-electron chi connectivity index (χ0n) is 11.7. The van der Waals surface area contributed by atoms with E-state index in [1.807, 2.05) is 0 Å². The van der Waals surface area contributed by atoms with Gasteiger partial charge in [0.2, 0.25) is 0 Å². The second-order valence-electron chi connectivity index (χ2n) is 5.57. The Hall–Kier alpha value is -1.76. The van der Waals surface area contributed by atoms with E-state index in [0.29, 0.717) is 6.61 Å². The summed E-state index contributed by atoms with van der Waals surface area (Å²) in [7, 11) is 0. The molecule has 0 N–H and O–H groups in total. The van der Waals surface area contributed by atoms with Crippen LogP contribution >= 0.6 is 0 Å². The van der Waals surface area contributed by atoms with Crippen molar-refractivity contribution in [2.75, 3.05) is 0 Å². The van der Waals surface area contributed by atoms with Crippen LogP contribution in [0.15, 0.2) is 36.4 Å². The first kappa shape index (κ1) is 12.3. The quantitative estimate of drug-likeness (QED) is 0.788. The smallest absolute Gasteiger partial charge is 0.120 e. The first-order chi connectivity index (χ1) is 9.20. The Morgan fingerprint density at radius 1 is 0.895 bits per heavy atom. The van der Waals surface area contributed by atoms with Crippen molar-refractivity contribution in [1.82, 2.24) is 0 Å². The predicted octanol–water partition coefficient (Wildman–Crippen LogP) is 4.37. The minimum atomic E-state index is 0.663. The lowest BCUT2D eigenvalue weighted by atomic mass is 10.1. The molecule has 1 heteroatoms. The van der Waals surface area contributed by atoms with E-state index in [0.717, 1.165) is 5.75 Å². The van der Waals surface area contributed by atoms with Crippen LogP contribution in [0.3, 0.4) is 0 Å². The maximum absolute atomic E-state index is 5.91. The zero-order chi connectivity index (χ0) is 13.2. The Labute approximate surface area is 115 Å². The molecule has 1 nitrogen and oxygen atoms in total. The number of rotatable bonds is 3. The van der Waals surface area contributed by atoms with E-state index in [1.165, 1.54) is 47.1 Å². The van der Waals surface area contributed by atoms with Gasteiger partial charge >= 0.3 is 0 Å². The van der Waals surface area contributed by atoms with Crippen molar-refractivity contribution in [3.63, 3.8) is 0 Å². The van der Waals surface area contributed by atoms with E-state index in [1.54, 1.807) is 0 Å². The normalized spacial score (nSPS) is 13.4. The summed E-state index contributed by atoms with van der Waals surface area (Å²) < 4.78 is 5.91. The molecule has 0 fully saturated rings. The summed E-state index contributed by atoms with van der Waals surface area (Å²) in [4.78, 5) is 0. The molecule has 0 spiro atoms. The van der Waals surface area contributed by atoms with E-state index in [-0.39, 0.29) is 0 Å². The summed E-state index contributed by atoms with van der Waals surface area (Å²) in [5, 5.41) is 0. The van der Waals surface area contributed by atoms with Crippen LogP contribution in [0.4, 0.5) is 0 Å². The number of hydrogen-bond donors (Lipinski definition) is 0. The van der Waals surface area contributed by atoms with Crippen molar-refractivity contribution in [3.8, 4) is 5.75 Å². The maximum Gasteiger partial charge on any atom is 0.120 e. The highest BCUT2D eigenvalue weighted by atomic mass is 16.5. The standard InChI is InChI=1S/C18H20O/c1-13-8-14(2)10-18(9-13)19-12-15-6-7-16-4-3-5-17(16)11-15/h6-11H,3-5,12H2,1-2H3. The van der Waals surface area contributed by atoms with Gasteiger partial charge in [0.25, 0.3) is 0 Å². The lowest BCUT2D eigenvalue weighted by Gasteiger charge is -2.09. The number of ether oxygens (including phenoxy) is 1. The summed E-state index contributed by atoms with van der Waals surface area (Å²) in [6, 6.07) is 13.1. The molecule has 0 heterocycles. The summed E-state index contributed by atoms with van der Waals surface area (Å²) in [6.45, 7) is 4.88. The molecule has 0 aliphatic heterocycles. The fraction of sp³-hybridized carbons (Fsp3) is 0.333. The molecule has 98 valence electrons. The molecule has 0 saturated carbocycles. The third-order valence-electron chi connectivity index (χ3n) is 3.76. The molecule has 0 unspecified atom stereocenters. The van der Waals surface area contributed by atoms with Crippen LogP contribution in [-0.2, 0) is 19.4 Å². The summed E-state index contributed by atoms with van der Waals surface area (Å²) in [6.07, 6.45) is 3.77. The predicted molar refractivity (Wildman–Crippen MR) is 78.7 cm³/mol. The molecular formula is C18H20O.